The van der Waals surface area contributed by atoms with E-state index in [9.17, 15) is 4.79 Å². The Bertz CT molecular complexity index is 1070. The molecule has 0 saturated carbocycles. The van der Waals surface area contributed by atoms with Crippen molar-refractivity contribution in [1.82, 2.24) is 9.97 Å². The Kier molecular flexibility index (Phi) is 4.56. The molecule has 0 bridgehead atoms. The van der Waals surface area contributed by atoms with E-state index in [1.807, 2.05) is 79.7 Å². The van der Waals surface area contributed by atoms with E-state index in [0.29, 0.717) is 5.56 Å². The van der Waals surface area contributed by atoms with Gasteiger partial charge in [-0.15, -0.1) is 0 Å². The lowest BCUT2D eigenvalue weighted by molar-refractivity contribution is 0.102. The van der Waals surface area contributed by atoms with Crippen LogP contribution in [0.1, 0.15) is 10.4 Å². The molecular formula is C21H18N4OS. The highest BCUT2D eigenvalue weighted by molar-refractivity contribution is 7.21. The Balaban J connectivity index is 1.52. The zero-order chi connectivity index (χ0) is 18.8. The average Bonchev–Trinajstić information content (AvgIpc) is 3.13. The van der Waals surface area contributed by atoms with Gasteiger partial charge in [0.25, 0.3) is 5.91 Å². The Labute approximate surface area is 161 Å². The molecule has 1 amide bonds. The third-order valence-corrected chi connectivity index (χ3v) is 5.21. The number of carbonyl (C=O) groups is 1. The summed E-state index contributed by atoms with van der Waals surface area (Å²) in [6, 6.07) is 19.1. The second-order valence-electron chi connectivity index (χ2n) is 6.32. The molecule has 0 fully saturated rings. The number of fused-ring (bicyclic) bond motifs is 1. The Morgan fingerprint density at radius 3 is 2.59 bits per heavy atom. The molecule has 134 valence electrons. The Morgan fingerprint density at radius 1 is 1.04 bits per heavy atom. The van der Waals surface area contributed by atoms with Crippen molar-refractivity contribution in [2.24, 2.45) is 0 Å². The van der Waals surface area contributed by atoms with Crippen molar-refractivity contribution in [2.75, 3.05) is 24.3 Å². The summed E-state index contributed by atoms with van der Waals surface area (Å²) in [5.41, 5.74) is 4.27. The third-order valence-electron chi connectivity index (χ3n) is 4.18. The number of anilines is 2. The molecule has 6 heteroatoms. The van der Waals surface area contributed by atoms with Crippen molar-refractivity contribution in [1.29, 1.82) is 0 Å². The minimum atomic E-state index is -0.129. The smallest absolute Gasteiger partial charge is 0.255 e. The van der Waals surface area contributed by atoms with Gasteiger partial charge in [-0.25, -0.2) is 9.97 Å². The summed E-state index contributed by atoms with van der Waals surface area (Å²) >= 11 is 1.56. The molecule has 0 aliphatic heterocycles. The van der Waals surface area contributed by atoms with E-state index in [4.69, 9.17) is 0 Å². The summed E-state index contributed by atoms with van der Waals surface area (Å²) in [7, 11) is 3.90. The largest absolute Gasteiger partial charge is 0.378 e. The van der Waals surface area contributed by atoms with Crippen LogP contribution in [0.25, 0.3) is 20.9 Å². The van der Waals surface area contributed by atoms with Crippen LogP contribution in [-0.4, -0.2) is 30.0 Å². The van der Waals surface area contributed by atoms with Crippen molar-refractivity contribution < 1.29 is 4.79 Å². The number of pyridine rings is 1. The number of nitrogens with one attached hydrogen (secondary N) is 1. The Hall–Kier alpha value is -3.25. The van der Waals surface area contributed by atoms with Crippen LogP contribution in [0.15, 0.2) is 66.9 Å². The number of thiazole rings is 1. The maximum atomic E-state index is 12.5. The number of hydrogen-bond acceptors (Lipinski definition) is 5. The van der Waals surface area contributed by atoms with Gasteiger partial charge in [-0.05, 0) is 54.6 Å². The first kappa shape index (κ1) is 17.2. The summed E-state index contributed by atoms with van der Waals surface area (Å²) in [5, 5.41) is 3.86. The molecule has 4 aromatic rings. The van der Waals surface area contributed by atoms with E-state index in [1.54, 1.807) is 17.5 Å². The van der Waals surface area contributed by atoms with Crippen LogP contribution in [0.3, 0.4) is 0 Å². The normalized spacial score (nSPS) is 10.7. The lowest BCUT2D eigenvalue weighted by Crippen LogP contribution is -2.14. The number of hydrogen-bond donors (Lipinski definition) is 1. The van der Waals surface area contributed by atoms with Crippen LogP contribution < -0.4 is 10.2 Å². The zero-order valence-electron chi connectivity index (χ0n) is 15.0. The lowest BCUT2D eigenvalue weighted by Gasteiger charge is -2.13. The second-order valence-corrected chi connectivity index (χ2v) is 7.30. The van der Waals surface area contributed by atoms with Crippen molar-refractivity contribution in [2.45, 2.75) is 0 Å². The first-order valence-corrected chi connectivity index (χ1v) is 9.32. The summed E-state index contributed by atoms with van der Waals surface area (Å²) in [6.07, 6.45) is 1.77. The fraction of sp³-hybridized carbons (Fsp3) is 0.0952. The predicted octanol–water partition coefficient (Wildman–Crippen LogP) is 4.68. The minimum Gasteiger partial charge on any atom is -0.378 e. The monoisotopic (exact) mass is 374 g/mol. The van der Waals surface area contributed by atoms with E-state index in [0.717, 1.165) is 32.3 Å². The van der Waals surface area contributed by atoms with E-state index in [2.05, 4.69) is 15.3 Å². The van der Waals surface area contributed by atoms with Crippen molar-refractivity contribution >= 4 is 39.0 Å². The molecule has 1 N–H and O–H groups in total. The molecule has 0 aliphatic carbocycles. The van der Waals surface area contributed by atoms with Gasteiger partial charge in [0, 0.05) is 42.8 Å². The highest BCUT2D eigenvalue weighted by Gasteiger charge is 2.09. The molecule has 0 spiro atoms. The van der Waals surface area contributed by atoms with Gasteiger partial charge in [0.15, 0.2) is 0 Å². The van der Waals surface area contributed by atoms with Crippen LogP contribution in [0, 0.1) is 0 Å². The third kappa shape index (κ3) is 3.66. The second kappa shape index (κ2) is 7.17. The van der Waals surface area contributed by atoms with Crippen molar-refractivity contribution in [3.05, 3.63) is 72.4 Å². The number of benzene rings is 2. The van der Waals surface area contributed by atoms with E-state index >= 15 is 0 Å². The topological polar surface area (TPSA) is 58.1 Å². The van der Waals surface area contributed by atoms with Gasteiger partial charge >= 0.3 is 0 Å². The van der Waals surface area contributed by atoms with Crippen molar-refractivity contribution in [3.8, 4) is 10.6 Å². The fourth-order valence-electron chi connectivity index (χ4n) is 2.72. The summed E-state index contributed by atoms with van der Waals surface area (Å²) in [5.74, 6) is -0.129. The molecule has 5 nitrogen and oxygen atoms in total. The molecule has 2 aromatic heterocycles. The van der Waals surface area contributed by atoms with Gasteiger partial charge in [0.2, 0.25) is 0 Å². The first-order chi connectivity index (χ1) is 13.1. The van der Waals surface area contributed by atoms with Crippen LogP contribution in [0.5, 0.6) is 0 Å². The van der Waals surface area contributed by atoms with Crippen LogP contribution in [0.2, 0.25) is 0 Å². The van der Waals surface area contributed by atoms with Gasteiger partial charge in [-0.1, -0.05) is 17.4 Å². The lowest BCUT2D eigenvalue weighted by atomic mass is 10.1. The molecule has 2 aromatic carbocycles. The fourth-order valence-corrected chi connectivity index (χ4v) is 3.63. The maximum Gasteiger partial charge on any atom is 0.255 e. The molecule has 27 heavy (non-hydrogen) atoms. The molecule has 0 radical (unpaired) electrons. The van der Waals surface area contributed by atoms with Crippen molar-refractivity contribution in [3.63, 3.8) is 0 Å². The van der Waals surface area contributed by atoms with Gasteiger partial charge in [0.1, 0.15) is 15.4 Å². The van der Waals surface area contributed by atoms with Gasteiger partial charge in [-0.3, -0.25) is 4.79 Å². The van der Waals surface area contributed by atoms with Crippen LogP contribution in [0.4, 0.5) is 11.4 Å². The quantitative estimate of drug-likeness (QED) is 0.564. The number of carbonyl (C=O) groups excluding carboxylic acids is 1. The van der Waals surface area contributed by atoms with E-state index in [-0.39, 0.29) is 5.91 Å². The minimum absolute atomic E-state index is 0.129. The highest BCUT2D eigenvalue weighted by atomic mass is 32.1. The molecule has 4 rings (SSSR count). The highest BCUT2D eigenvalue weighted by Crippen LogP contribution is 2.29. The number of nitrogens with zero attached hydrogens (tertiary/aromatic N) is 3. The van der Waals surface area contributed by atoms with Gasteiger partial charge in [-0.2, -0.15) is 0 Å². The average molecular weight is 374 g/mol. The standard InChI is InChI=1S/C21H18N4OS/c1-25(2)17-6-3-5-15(13-17)19(26)23-16-10-8-14(9-11-16)20-24-18-7-4-12-22-21(18)27-20/h3-13H,1-2H3,(H,23,26). The summed E-state index contributed by atoms with van der Waals surface area (Å²) < 4.78 is 0. The maximum absolute atomic E-state index is 12.5. The SMILES string of the molecule is CN(C)c1cccc(C(=O)Nc2ccc(-c3nc4cccnc4s3)cc2)c1. The van der Waals surface area contributed by atoms with E-state index in [1.165, 1.54) is 0 Å². The number of aromatic nitrogens is 2. The summed E-state index contributed by atoms with van der Waals surface area (Å²) in [4.78, 5) is 24.3. The zero-order valence-corrected chi connectivity index (χ0v) is 15.8. The molecule has 0 atom stereocenters. The number of rotatable bonds is 4. The molecule has 2 heterocycles. The predicted molar refractivity (Wildman–Crippen MR) is 112 cm³/mol. The van der Waals surface area contributed by atoms with E-state index < -0.39 is 0 Å². The molecular weight excluding hydrogens is 356 g/mol. The summed E-state index contributed by atoms with van der Waals surface area (Å²) in [6.45, 7) is 0. The van der Waals surface area contributed by atoms with Crippen LogP contribution >= 0.6 is 11.3 Å². The molecule has 0 aliphatic rings. The Morgan fingerprint density at radius 2 is 1.85 bits per heavy atom. The van der Waals surface area contributed by atoms with Crippen LogP contribution in [-0.2, 0) is 0 Å². The first-order valence-electron chi connectivity index (χ1n) is 8.51. The molecule has 0 unspecified atom stereocenters. The van der Waals surface area contributed by atoms with Gasteiger partial charge < -0.3 is 10.2 Å². The molecule has 0 saturated heterocycles. The van der Waals surface area contributed by atoms with Gasteiger partial charge in [0.05, 0.1) is 0 Å². The number of amides is 1.